The number of thioether (sulfide) groups is 1. The number of carbonyl (C=O) groups excluding carboxylic acids is 1. The second-order valence-electron chi connectivity index (χ2n) is 3.44. The zero-order valence-electron chi connectivity index (χ0n) is 8.69. The molecule has 0 aliphatic carbocycles. The number of hydrogen-bond acceptors (Lipinski definition) is 2. The van der Waals surface area contributed by atoms with Gasteiger partial charge in [-0.25, -0.2) is 0 Å². The summed E-state index contributed by atoms with van der Waals surface area (Å²) in [5.41, 5.74) is 1.35. The maximum atomic E-state index is 10.8. The fraction of sp³-hybridized carbons (Fsp3) is 0.417. The van der Waals surface area contributed by atoms with E-state index >= 15 is 0 Å². The van der Waals surface area contributed by atoms with Crippen LogP contribution in [0.4, 0.5) is 0 Å². The summed E-state index contributed by atoms with van der Waals surface area (Å²) in [5.74, 6) is 0. The molecule has 76 valence electrons. The Kier molecular flexibility index (Phi) is 4.74. The van der Waals surface area contributed by atoms with Crippen LogP contribution in [0.3, 0.4) is 0 Å². The highest BCUT2D eigenvalue weighted by Gasteiger charge is 2.05. The van der Waals surface area contributed by atoms with Gasteiger partial charge in [0, 0.05) is 12.2 Å². The molecule has 0 spiro atoms. The number of benzene rings is 1. The van der Waals surface area contributed by atoms with Crippen LogP contribution in [0.2, 0.25) is 0 Å². The monoisotopic (exact) mass is 208 g/mol. The summed E-state index contributed by atoms with van der Waals surface area (Å²) in [6, 6.07) is 10.4. The molecule has 0 radical (unpaired) electrons. The van der Waals surface area contributed by atoms with Gasteiger partial charge in [0.05, 0.1) is 0 Å². The van der Waals surface area contributed by atoms with Crippen molar-refractivity contribution in [2.24, 2.45) is 0 Å². The van der Waals surface area contributed by atoms with Crippen molar-refractivity contribution in [2.75, 3.05) is 0 Å². The molecule has 0 fully saturated rings. The number of hydrogen-bond donors (Lipinski definition) is 0. The minimum absolute atomic E-state index is 0.213. The first-order chi connectivity index (χ1) is 6.68. The average Bonchev–Trinajstić information content (AvgIpc) is 2.15. The van der Waals surface area contributed by atoms with Gasteiger partial charge < -0.3 is 0 Å². The SMILES string of the molecule is CC(=O)SC(C)CCc1ccccc1. The topological polar surface area (TPSA) is 17.1 Å². The Labute approximate surface area is 89.9 Å². The van der Waals surface area contributed by atoms with Crippen molar-refractivity contribution in [1.82, 2.24) is 0 Å². The summed E-state index contributed by atoms with van der Waals surface area (Å²) in [6.07, 6.45) is 2.12. The Balaban J connectivity index is 2.30. The predicted molar refractivity (Wildman–Crippen MR) is 62.5 cm³/mol. The first-order valence-corrected chi connectivity index (χ1v) is 5.77. The molecule has 1 aromatic carbocycles. The third-order valence-corrected chi connectivity index (χ3v) is 3.02. The van der Waals surface area contributed by atoms with Crippen LogP contribution in [0.1, 0.15) is 25.8 Å². The van der Waals surface area contributed by atoms with E-state index in [0.717, 1.165) is 12.8 Å². The molecule has 0 N–H and O–H groups in total. The number of aryl methyl sites for hydroxylation is 1. The van der Waals surface area contributed by atoms with Crippen molar-refractivity contribution < 1.29 is 4.79 Å². The second-order valence-corrected chi connectivity index (χ2v) is 5.06. The lowest BCUT2D eigenvalue weighted by Gasteiger charge is -2.08. The third kappa shape index (κ3) is 4.47. The maximum Gasteiger partial charge on any atom is 0.186 e. The highest BCUT2D eigenvalue weighted by Crippen LogP contribution is 2.17. The molecule has 2 heteroatoms. The molecule has 0 aromatic heterocycles. The quantitative estimate of drug-likeness (QED) is 0.755. The highest BCUT2D eigenvalue weighted by molar-refractivity contribution is 8.14. The van der Waals surface area contributed by atoms with Gasteiger partial charge in [-0.1, -0.05) is 49.0 Å². The lowest BCUT2D eigenvalue weighted by Crippen LogP contribution is -2.01. The van der Waals surface area contributed by atoms with Gasteiger partial charge >= 0.3 is 0 Å². The Hall–Kier alpha value is -0.760. The Morgan fingerprint density at radius 3 is 2.57 bits per heavy atom. The van der Waals surface area contributed by atoms with Gasteiger partial charge in [-0.2, -0.15) is 0 Å². The van der Waals surface area contributed by atoms with Crippen LogP contribution in [-0.2, 0) is 11.2 Å². The molecule has 14 heavy (non-hydrogen) atoms. The molecular weight excluding hydrogens is 192 g/mol. The Morgan fingerprint density at radius 2 is 2.00 bits per heavy atom. The first-order valence-electron chi connectivity index (χ1n) is 4.89. The first kappa shape index (κ1) is 11.3. The van der Waals surface area contributed by atoms with Crippen molar-refractivity contribution in [1.29, 1.82) is 0 Å². The van der Waals surface area contributed by atoms with Gasteiger partial charge in [-0.3, -0.25) is 4.79 Å². The van der Waals surface area contributed by atoms with Crippen molar-refractivity contribution >= 4 is 16.9 Å². The molecule has 1 aromatic rings. The van der Waals surface area contributed by atoms with Crippen LogP contribution in [0, 0.1) is 0 Å². The summed E-state index contributed by atoms with van der Waals surface area (Å²) in [4.78, 5) is 10.8. The molecule has 0 heterocycles. The molecule has 0 saturated carbocycles. The van der Waals surface area contributed by atoms with Gasteiger partial charge in [0.1, 0.15) is 0 Å². The summed E-state index contributed by atoms with van der Waals surface area (Å²) >= 11 is 1.43. The van der Waals surface area contributed by atoms with E-state index in [1.54, 1.807) is 6.92 Å². The number of rotatable bonds is 4. The zero-order valence-corrected chi connectivity index (χ0v) is 9.51. The predicted octanol–water partition coefficient (Wildman–Crippen LogP) is 3.29. The maximum absolute atomic E-state index is 10.8. The van der Waals surface area contributed by atoms with E-state index in [0.29, 0.717) is 5.25 Å². The normalized spacial score (nSPS) is 12.4. The third-order valence-electron chi connectivity index (χ3n) is 2.05. The van der Waals surface area contributed by atoms with Crippen molar-refractivity contribution in [2.45, 2.75) is 31.9 Å². The molecule has 1 rings (SSSR count). The van der Waals surface area contributed by atoms with Crippen LogP contribution in [0.5, 0.6) is 0 Å². The smallest absolute Gasteiger partial charge is 0.186 e. The Morgan fingerprint density at radius 1 is 1.36 bits per heavy atom. The van der Waals surface area contributed by atoms with Crippen LogP contribution in [-0.4, -0.2) is 10.4 Å². The van der Waals surface area contributed by atoms with Crippen LogP contribution in [0.25, 0.3) is 0 Å². The van der Waals surface area contributed by atoms with E-state index in [9.17, 15) is 4.79 Å². The fourth-order valence-electron chi connectivity index (χ4n) is 1.36. The van der Waals surface area contributed by atoms with E-state index < -0.39 is 0 Å². The van der Waals surface area contributed by atoms with E-state index in [1.165, 1.54) is 17.3 Å². The summed E-state index contributed by atoms with van der Waals surface area (Å²) in [5, 5.41) is 0.637. The van der Waals surface area contributed by atoms with Gasteiger partial charge in [0.15, 0.2) is 5.12 Å². The number of carbonyl (C=O) groups is 1. The molecule has 0 aliphatic heterocycles. The Bertz CT molecular complexity index is 282. The largest absolute Gasteiger partial charge is 0.288 e. The van der Waals surface area contributed by atoms with Gasteiger partial charge in [0.25, 0.3) is 0 Å². The standard InChI is InChI=1S/C12H16OS/c1-10(14-11(2)13)8-9-12-6-4-3-5-7-12/h3-7,10H,8-9H2,1-2H3. The van der Waals surface area contributed by atoms with E-state index in [1.807, 2.05) is 6.07 Å². The van der Waals surface area contributed by atoms with E-state index in [-0.39, 0.29) is 5.12 Å². The molecule has 1 nitrogen and oxygen atoms in total. The highest BCUT2D eigenvalue weighted by atomic mass is 32.2. The molecule has 0 amide bonds. The van der Waals surface area contributed by atoms with Crippen molar-refractivity contribution in [3.05, 3.63) is 35.9 Å². The lowest BCUT2D eigenvalue weighted by molar-refractivity contribution is -0.109. The van der Waals surface area contributed by atoms with Crippen LogP contribution in [0.15, 0.2) is 30.3 Å². The minimum atomic E-state index is 0.213. The van der Waals surface area contributed by atoms with Gasteiger partial charge in [-0.05, 0) is 18.4 Å². The molecule has 1 atom stereocenters. The molecular formula is C12H16OS. The molecule has 0 aliphatic rings. The summed E-state index contributed by atoms with van der Waals surface area (Å²) < 4.78 is 0. The minimum Gasteiger partial charge on any atom is -0.288 e. The summed E-state index contributed by atoms with van der Waals surface area (Å²) in [6.45, 7) is 3.73. The zero-order chi connectivity index (χ0) is 10.4. The average molecular weight is 208 g/mol. The lowest BCUT2D eigenvalue weighted by atomic mass is 10.1. The fourth-order valence-corrected chi connectivity index (χ4v) is 2.16. The van der Waals surface area contributed by atoms with E-state index in [2.05, 4.69) is 31.2 Å². The van der Waals surface area contributed by atoms with E-state index in [4.69, 9.17) is 0 Å². The van der Waals surface area contributed by atoms with Crippen molar-refractivity contribution in [3.8, 4) is 0 Å². The van der Waals surface area contributed by atoms with Crippen LogP contribution >= 0.6 is 11.8 Å². The van der Waals surface area contributed by atoms with Crippen molar-refractivity contribution in [3.63, 3.8) is 0 Å². The van der Waals surface area contributed by atoms with Crippen LogP contribution < -0.4 is 0 Å². The summed E-state index contributed by atoms with van der Waals surface area (Å²) in [7, 11) is 0. The molecule has 0 saturated heterocycles. The van der Waals surface area contributed by atoms with Gasteiger partial charge in [-0.15, -0.1) is 0 Å². The second kappa shape index (κ2) is 5.86. The molecule has 0 bridgehead atoms. The van der Waals surface area contributed by atoms with Gasteiger partial charge in [0.2, 0.25) is 0 Å². The molecule has 1 unspecified atom stereocenters.